The third-order valence-electron chi connectivity index (χ3n) is 5.16. The fraction of sp³-hybridized carbons (Fsp3) is 0.227. The first kappa shape index (κ1) is 18.7. The van der Waals surface area contributed by atoms with E-state index in [1.165, 1.54) is 0 Å². The quantitative estimate of drug-likeness (QED) is 0.574. The fourth-order valence-electron chi connectivity index (χ4n) is 3.54. The van der Waals surface area contributed by atoms with Gasteiger partial charge in [0.15, 0.2) is 0 Å². The largest absolute Gasteiger partial charge is 0.495 e. The van der Waals surface area contributed by atoms with E-state index < -0.39 is 0 Å². The zero-order valence-electron chi connectivity index (χ0n) is 17.1. The summed E-state index contributed by atoms with van der Waals surface area (Å²) < 4.78 is 9.16. The third-order valence-corrected chi connectivity index (χ3v) is 5.16. The molecule has 1 amide bonds. The van der Waals surface area contributed by atoms with E-state index in [4.69, 9.17) is 9.72 Å². The lowest BCUT2D eigenvalue weighted by atomic mass is 10.1. The van der Waals surface area contributed by atoms with E-state index in [1.54, 1.807) is 11.8 Å². The number of ether oxygens (including phenoxy) is 1. The Balaban J connectivity index is 1.73. The molecule has 1 N–H and O–H groups in total. The number of aromatic nitrogens is 4. The minimum atomic E-state index is -0.214. The zero-order chi connectivity index (χ0) is 20.7. The Bertz CT molecular complexity index is 1240. The van der Waals surface area contributed by atoms with Crippen LogP contribution in [0.4, 0.5) is 5.69 Å². The van der Waals surface area contributed by atoms with Crippen LogP contribution < -0.4 is 10.1 Å². The van der Waals surface area contributed by atoms with Crippen LogP contribution in [0.25, 0.3) is 16.9 Å². The molecule has 0 atom stereocenters. The second-order valence-electron chi connectivity index (χ2n) is 7.09. The van der Waals surface area contributed by atoms with Gasteiger partial charge in [0.2, 0.25) is 0 Å². The number of hydrogen-bond acceptors (Lipinski definition) is 4. The van der Waals surface area contributed by atoms with Crippen LogP contribution in [0, 0.1) is 20.8 Å². The highest BCUT2D eigenvalue weighted by molar-refractivity contribution is 6.06. The van der Waals surface area contributed by atoms with Gasteiger partial charge in [-0.05, 0) is 50.6 Å². The molecule has 4 aromatic rings. The number of aryl methyl sites for hydroxylation is 3. The molecule has 0 bridgehead atoms. The van der Waals surface area contributed by atoms with E-state index in [-0.39, 0.29) is 5.91 Å². The van der Waals surface area contributed by atoms with Gasteiger partial charge >= 0.3 is 0 Å². The number of anilines is 1. The van der Waals surface area contributed by atoms with Crippen LogP contribution in [-0.2, 0) is 7.05 Å². The third kappa shape index (κ3) is 3.24. The molecule has 0 fully saturated rings. The predicted octanol–water partition coefficient (Wildman–Crippen LogP) is 3.92. The molecule has 0 aliphatic carbocycles. The predicted molar refractivity (Wildman–Crippen MR) is 113 cm³/mol. The molecule has 7 heteroatoms. The number of hydrogen-bond donors (Lipinski definition) is 1. The maximum absolute atomic E-state index is 12.9. The first-order valence-electron chi connectivity index (χ1n) is 9.33. The van der Waals surface area contributed by atoms with Crippen molar-refractivity contribution in [1.29, 1.82) is 0 Å². The first-order chi connectivity index (χ1) is 13.9. The average molecular weight is 389 g/mol. The number of fused-ring (bicyclic) bond motifs is 1. The van der Waals surface area contributed by atoms with Crippen molar-refractivity contribution in [1.82, 2.24) is 19.2 Å². The zero-order valence-corrected chi connectivity index (χ0v) is 17.1. The number of benzene rings is 1. The smallest absolute Gasteiger partial charge is 0.259 e. The van der Waals surface area contributed by atoms with Crippen molar-refractivity contribution < 1.29 is 9.53 Å². The molecule has 0 unspecified atom stereocenters. The molecule has 4 rings (SSSR count). The highest BCUT2D eigenvalue weighted by Crippen LogP contribution is 2.31. The van der Waals surface area contributed by atoms with Gasteiger partial charge in [0, 0.05) is 30.7 Å². The van der Waals surface area contributed by atoms with E-state index in [1.807, 2.05) is 74.9 Å². The average Bonchev–Trinajstić information content (AvgIpc) is 3.23. The molecule has 0 aliphatic heterocycles. The van der Waals surface area contributed by atoms with Gasteiger partial charge in [-0.15, -0.1) is 0 Å². The Morgan fingerprint density at radius 3 is 2.62 bits per heavy atom. The van der Waals surface area contributed by atoms with Crippen molar-refractivity contribution >= 4 is 17.2 Å². The highest BCUT2D eigenvalue weighted by atomic mass is 16.5. The number of pyridine rings is 1. The monoisotopic (exact) mass is 389 g/mol. The van der Waals surface area contributed by atoms with E-state index >= 15 is 0 Å². The molecule has 29 heavy (non-hydrogen) atoms. The van der Waals surface area contributed by atoms with E-state index in [0.29, 0.717) is 22.7 Å². The molecular weight excluding hydrogens is 366 g/mol. The Kier molecular flexibility index (Phi) is 4.58. The number of nitrogens with zero attached hydrogens (tertiary/aromatic N) is 4. The highest BCUT2D eigenvalue weighted by Gasteiger charge is 2.19. The Labute approximate surface area is 169 Å². The lowest BCUT2D eigenvalue weighted by Gasteiger charge is -2.12. The van der Waals surface area contributed by atoms with Crippen LogP contribution >= 0.6 is 0 Å². The normalized spacial score (nSPS) is 11.1. The number of carbonyl (C=O) groups is 1. The van der Waals surface area contributed by atoms with Crippen LogP contribution in [0.5, 0.6) is 5.75 Å². The van der Waals surface area contributed by atoms with Gasteiger partial charge in [0.25, 0.3) is 5.91 Å². The van der Waals surface area contributed by atoms with Gasteiger partial charge < -0.3 is 14.5 Å². The second-order valence-corrected chi connectivity index (χ2v) is 7.09. The summed E-state index contributed by atoms with van der Waals surface area (Å²) in [6.45, 7) is 5.74. The van der Waals surface area contributed by atoms with Crippen LogP contribution in [0.2, 0.25) is 0 Å². The molecular formula is C22H23N5O2. The fourth-order valence-corrected chi connectivity index (χ4v) is 3.54. The van der Waals surface area contributed by atoms with Crippen LogP contribution in [0.1, 0.15) is 27.3 Å². The van der Waals surface area contributed by atoms with Crippen molar-refractivity contribution in [3.05, 3.63) is 65.2 Å². The van der Waals surface area contributed by atoms with Gasteiger partial charge in [-0.3, -0.25) is 9.48 Å². The molecule has 3 aromatic heterocycles. The summed E-state index contributed by atoms with van der Waals surface area (Å²) in [7, 11) is 3.41. The van der Waals surface area contributed by atoms with Crippen molar-refractivity contribution in [2.24, 2.45) is 7.05 Å². The summed E-state index contributed by atoms with van der Waals surface area (Å²) in [5.74, 6) is 0.371. The number of methoxy groups -OCH3 is 1. The lowest BCUT2D eigenvalue weighted by Crippen LogP contribution is -2.14. The number of amides is 1. The Morgan fingerprint density at radius 2 is 1.97 bits per heavy atom. The Hall–Kier alpha value is -3.61. The maximum Gasteiger partial charge on any atom is 0.259 e. The molecule has 0 aliphatic rings. The van der Waals surface area contributed by atoms with Crippen molar-refractivity contribution in [3.63, 3.8) is 0 Å². The van der Waals surface area contributed by atoms with Crippen molar-refractivity contribution in [2.45, 2.75) is 20.8 Å². The van der Waals surface area contributed by atoms with Crippen molar-refractivity contribution in [3.8, 4) is 17.0 Å². The minimum absolute atomic E-state index is 0.214. The van der Waals surface area contributed by atoms with Gasteiger partial charge in [-0.2, -0.15) is 5.10 Å². The molecule has 1 aromatic carbocycles. The van der Waals surface area contributed by atoms with Gasteiger partial charge in [0.05, 0.1) is 29.7 Å². The van der Waals surface area contributed by atoms with Gasteiger partial charge in [-0.25, -0.2) is 4.98 Å². The van der Waals surface area contributed by atoms with Crippen LogP contribution in [0.3, 0.4) is 0 Å². The molecule has 0 radical (unpaired) electrons. The molecule has 0 saturated carbocycles. The Morgan fingerprint density at radius 1 is 1.17 bits per heavy atom. The first-order valence-corrected chi connectivity index (χ1v) is 9.33. The summed E-state index contributed by atoms with van der Waals surface area (Å²) in [5.41, 5.74) is 6.39. The van der Waals surface area contributed by atoms with E-state index in [9.17, 15) is 4.79 Å². The number of carbonyl (C=O) groups excluding carboxylic acids is 1. The number of imidazole rings is 1. The van der Waals surface area contributed by atoms with Crippen molar-refractivity contribution in [2.75, 3.05) is 12.4 Å². The summed E-state index contributed by atoms with van der Waals surface area (Å²) in [5, 5.41) is 7.30. The van der Waals surface area contributed by atoms with E-state index in [2.05, 4.69) is 10.4 Å². The summed E-state index contributed by atoms with van der Waals surface area (Å²) in [6, 6.07) is 9.68. The molecule has 0 saturated heterocycles. The topological polar surface area (TPSA) is 73.5 Å². The lowest BCUT2D eigenvalue weighted by molar-refractivity contribution is 0.102. The molecule has 3 heterocycles. The number of nitrogens with one attached hydrogen (secondary N) is 1. The van der Waals surface area contributed by atoms with Crippen LogP contribution in [0.15, 0.2) is 42.7 Å². The van der Waals surface area contributed by atoms with Gasteiger partial charge in [-0.1, -0.05) is 6.07 Å². The minimum Gasteiger partial charge on any atom is -0.495 e. The molecule has 0 spiro atoms. The summed E-state index contributed by atoms with van der Waals surface area (Å²) in [4.78, 5) is 17.7. The molecule has 148 valence electrons. The summed E-state index contributed by atoms with van der Waals surface area (Å²) >= 11 is 0. The standard InChI is InChI=1S/C22H23N5O2/c1-13-7-6-10-27-12-18(23-21(13)27)16-8-9-19(29-5)17(11-16)24-22(28)20-14(2)25-26(4)15(20)3/h6-12H,1-5H3,(H,24,28). The van der Waals surface area contributed by atoms with Gasteiger partial charge in [0.1, 0.15) is 11.4 Å². The van der Waals surface area contributed by atoms with Crippen LogP contribution in [-0.4, -0.2) is 32.2 Å². The SMILES string of the molecule is COc1ccc(-c2cn3cccc(C)c3n2)cc1NC(=O)c1c(C)nn(C)c1C. The number of rotatable bonds is 4. The summed E-state index contributed by atoms with van der Waals surface area (Å²) in [6.07, 6.45) is 3.95. The van der Waals surface area contributed by atoms with E-state index in [0.717, 1.165) is 28.2 Å². The second kappa shape index (κ2) is 7.09. The maximum atomic E-state index is 12.9. The molecule has 7 nitrogen and oxygen atoms in total.